The van der Waals surface area contributed by atoms with Crippen LogP contribution < -0.4 is 11.1 Å². The molecule has 1 aliphatic rings. The summed E-state index contributed by atoms with van der Waals surface area (Å²) < 4.78 is 27.6. The number of benzene rings is 1. The van der Waals surface area contributed by atoms with Crippen molar-refractivity contribution in [2.24, 2.45) is 17.1 Å². The zero-order valence-corrected chi connectivity index (χ0v) is 14.8. The Morgan fingerprint density at radius 2 is 1.92 bits per heavy atom. The van der Waals surface area contributed by atoms with Crippen LogP contribution in [0.5, 0.6) is 0 Å². The Morgan fingerprint density at radius 1 is 1.32 bits per heavy atom. The lowest BCUT2D eigenvalue weighted by atomic mass is 9.90. The first-order chi connectivity index (χ1) is 11.7. The molecule has 1 fully saturated rings. The number of nitrogens with one attached hydrogen (secondary N) is 1. The van der Waals surface area contributed by atoms with Gasteiger partial charge in [-0.1, -0.05) is 26.8 Å². The van der Waals surface area contributed by atoms with Gasteiger partial charge in [-0.3, -0.25) is 9.59 Å². The van der Waals surface area contributed by atoms with E-state index in [4.69, 9.17) is 5.73 Å². The van der Waals surface area contributed by atoms with Gasteiger partial charge in [0.1, 0.15) is 23.2 Å². The number of carbonyl (C=O) groups is 2. The maximum atomic E-state index is 13.8. The maximum Gasteiger partial charge on any atom is 0.257 e. The zero-order chi connectivity index (χ0) is 18.8. The second-order valence-corrected chi connectivity index (χ2v) is 7.32. The lowest BCUT2D eigenvalue weighted by Crippen LogP contribution is -2.51. The number of carbonyl (C=O) groups excluding carboxylic acids is 2. The molecule has 0 bridgehead atoms. The summed E-state index contributed by atoms with van der Waals surface area (Å²) in [7, 11) is 0. The van der Waals surface area contributed by atoms with Gasteiger partial charge < -0.3 is 16.0 Å². The fourth-order valence-electron chi connectivity index (χ4n) is 3.02. The van der Waals surface area contributed by atoms with Gasteiger partial charge in [0.2, 0.25) is 5.91 Å². The van der Waals surface area contributed by atoms with Crippen molar-refractivity contribution in [1.29, 1.82) is 0 Å². The third kappa shape index (κ3) is 4.15. The van der Waals surface area contributed by atoms with Gasteiger partial charge in [0.25, 0.3) is 5.91 Å². The van der Waals surface area contributed by atoms with Crippen LogP contribution in [-0.4, -0.2) is 42.4 Å². The number of nitrogens with two attached hydrogens (primary N) is 1. The van der Waals surface area contributed by atoms with Crippen molar-refractivity contribution in [2.45, 2.75) is 33.2 Å². The molecule has 1 heterocycles. The first-order valence-electron chi connectivity index (χ1n) is 8.42. The Hall–Kier alpha value is -2.02. The summed E-state index contributed by atoms with van der Waals surface area (Å²) in [5, 5.41) is 2.50. The SMILES string of the molecule is CC(C)C(NC(=O)c1c(F)cccc1F)C(=O)N1CCC(C)(CN)C1. The molecule has 2 unspecified atom stereocenters. The number of halogens is 2. The highest BCUT2D eigenvalue weighted by Crippen LogP contribution is 2.29. The van der Waals surface area contributed by atoms with Crippen molar-refractivity contribution in [3.05, 3.63) is 35.4 Å². The Labute approximate surface area is 146 Å². The van der Waals surface area contributed by atoms with Gasteiger partial charge in [0.05, 0.1) is 0 Å². The van der Waals surface area contributed by atoms with Crippen LogP contribution in [0.1, 0.15) is 37.6 Å². The average molecular weight is 353 g/mol. The lowest BCUT2D eigenvalue weighted by Gasteiger charge is -2.28. The van der Waals surface area contributed by atoms with Crippen LogP contribution in [-0.2, 0) is 4.79 Å². The second kappa shape index (κ2) is 7.47. The summed E-state index contributed by atoms with van der Waals surface area (Å²) in [5.41, 5.74) is 4.95. The highest BCUT2D eigenvalue weighted by molar-refractivity contribution is 5.98. The summed E-state index contributed by atoms with van der Waals surface area (Å²) in [6.07, 6.45) is 0.788. The quantitative estimate of drug-likeness (QED) is 0.849. The minimum Gasteiger partial charge on any atom is -0.340 e. The molecule has 0 spiro atoms. The van der Waals surface area contributed by atoms with Crippen LogP contribution in [0.4, 0.5) is 8.78 Å². The van der Waals surface area contributed by atoms with E-state index < -0.39 is 29.1 Å². The average Bonchev–Trinajstić information content (AvgIpc) is 2.95. The fraction of sp³-hybridized carbons (Fsp3) is 0.556. The van der Waals surface area contributed by atoms with E-state index >= 15 is 0 Å². The molecule has 0 saturated carbocycles. The van der Waals surface area contributed by atoms with E-state index in [-0.39, 0.29) is 17.2 Å². The normalized spacial score (nSPS) is 21.5. The summed E-state index contributed by atoms with van der Waals surface area (Å²) in [6.45, 7) is 7.10. The molecule has 1 saturated heterocycles. The number of nitrogens with zero attached hydrogens (tertiary/aromatic N) is 1. The minimum absolute atomic E-state index is 0.140. The van der Waals surface area contributed by atoms with Crippen molar-refractivity contribution < 1.29 is 18.4 Å². The largest absolute Gasteiger partial charge is 0.340 e. The van der Waals surface area contributed by atoms with E-state index in [1.165, 1.54) is 6.07 Å². The van der Waals surface area contributed by atoms with E-state index in [1.807, 2.05) is 6.92 Å². The van der Waals surface area contributed by atoms with E-state index in [9.17, 15) is 18.4 Å². The van der Waals surface area contributed by atoms with Gasteiger partial charge in [-0.05, 0) is 36.4 Å². The van der Waals surface area contributed by atoms with Crippen LogP contribution in [0.15, 0.2) is 18.2 Å². The molecule has 1 aromatic carbocycles. The van der Waals surface area contributed by atoms with Gasteiger partial charge in [-0.15, -0.1) is 0 Å². The zero-order valence-electron chi connectivity index (χ0n) is 14.8. The molecule has 138 valence electrons. The monoisotopic (exact) mass is 353 g/mol. The lowest BCUT2D eigenvalue weighted by molar-refractivity contribution is -0.133. The van der Waals surface area contributed by atoms with Crippen LogP contribution in [0.3, 0.4) is 0 Å². The van der Waals surface area contributed by atoms with Crippen LogP contribution in [0.2, 0.25) is 0 Å². The van der Waals surface area contributed by atoms with Gasteiger partial charge in [0.15, 0.2) is 0 Å². The van der Waals surface area contributed by atoms with Crippen molar-refractivity contribution in [1.82, 2.24) is 10.2 Å². The van der Waals surface area contributed by atoms with Crippen LogP contribution in [0, 0.1) is 23.0 Å². The third-order valence-electron chi connectivity index (χ3n) is 4.77. The molecule has 1 aliphatic heterocycles. The smallest absolute Gasteiger partial charge is 0.257 e. The van der Waals surface area contributed by atoms with E-state index in [0.29, 0.717) is 19.6 Å². The highest BCUT2D eigenvalue weighted by atomic mass is 19.1. The summed E-state index contributed by atoms with van der Waals surface area (Å²) in [6, 6.07) is 2.35. The number of amides is 2. The van der Waals surface area contributed by atoms with Crippen molar-refractivity contribution >= 4 is 11.8 Å². The minimum atomic E-state index is -0.954. The molecule has 2 atom stereocenters. The second-order valence-electron chi connectivity index (χ2n) is 7.32. The molecule has 0 radical (unpaired) electrons. The first-order valence-corrected chi connectivity index (χ1v) is 8.42. The molecule has 25 heavy (non-hydrogen) atoms. The van der Waals surface area contributed by atoms with Crippen LogP contribution >= 0.6 is 0 Å². The third-order valence-corrected chi connectivity index (χ3v) is 4.77. The van der Waals surface area contributed by atoms with E-state index in [0.717, 1.165) is 18.6 Å². The Kier molecular flexibility index (Phi) is 5.77. The summed E-state index contributed by atoms with van der Waals surface area (Å²) >= 11 is 0. The highest BCUT2D eigenvalue weighted by Gasteiger charge is 2.38. The predicted octanol–water partition coefficient (Wildman–Crippen LogP) is 1.92. The van der Waals surface area contributed by atoms with Crippen molar-refractivity contribution in [2.75, 3.05) is 19.6 Å². The van der Waals surface area contributed by atoms with E-state index in [2.05, 4.69) is 5.32 Å². The number of rotatable bonds is 5. The van der Waals surface area contributed by atoms with Gasteiger partial charge in [-0.2, -0.15) is 0 Å². The molecule has 2 rings (SSSR count). The molecule has 3 N–H and O–H groups in total. The topological polar surface area (TPSA) is 75.4 Å². The first kappa shape index (κ1) is 19.3. The molecular formula is C18H25F2N3O2. The van der Waals surface area contributed by atoms with Gasteiger partial charge in [0, 0.05) is 13.1 Å². The van der Waals surface area contributed by atoms with Gasteiger partial charge in [-0.25, -0.2) is 8.78 Å². The molecule has 0 aromatic heterocycles. The van der Waals surface area contributed by atoms with E-state index in [1.54, 1.807) is 18.7 Å². The molecule has 1 aromatic rings. The Balaban J connectivity index is 2.16. The molecule has 7 heteroatoms. The number of hydrogen-bond donors (Lipinski definition) is 2. The van der Waals surface area contributed by atoms with Crippen LogP contribution in [0.25, 0.3) is 0 Å². The number of likely N-dealkylation sites (tertiary alicyclic amines) is 1. The molecule has 2 amide bonds. The fourth-order valence-corrected chi connectivity index (χ4v) is 3.02. The van der Waals surface area contributed by atoms with Crippen molar-refractivity contribution in [3.8, 4) is 0 Å². The molecule has 5 nitrogen and oxygen atoms in total. The Bertz CT molecular complexity index is 645. The Morgan fingerprint density at radius 3 is 2.40 bits per heavy atom. The predicted molar refractivity (Wildman–Crippen MR) is 90.8 cm³/mol. The van der Waals surface area contributed by atoms with Crippen molar-refractivity contribution in [3.63, 3.8) is 0 Å². The van der Waals surface area contributed by atoms with Gasteiger partial charge >= 0.3 is 0 Å². The number of hydrogen-bond acceptors (Lipinski definition) is 3. The molecular weight excluding hydrogens is 328 g/mol. The maximum absolute atomic E-state index is 13.8. The standard InChI is InChI=1S/C18H25F2N3O2/c1-11(2)15(17(25)23-8-7-18(3,9-21)10-23)22-16(24)14-12(19)5-4-6-13(14)20/h4-6,11,15H,7-10,21H2,1-3H3,(H,22,24). The molecule has 0 aliphatic carbocycles. The summed E-state index contributed by atoms with van der Waals surface area (Å²) in [5.74, 6) is -3.31. The summed E-state index contributed by atoms with van der Waals surface area (Å²) in [4.78, 5) is 26.8.